The Kier molecular flexibility index (Phi) is 4.94. The Hall–Kier alpha value is 0.100. The van der Waals surface area contributed by atoms with Crippen molar-refractivity contribution in [3.63, 3.8) is 0 Å². The molecule has 13 heavy (non-hydrogen) atoms. The summed E-state index contributed by atoms with van der Waals surface area (Å²) in [6.45, 7) is 2.22. The summed E-state index contributed by atoms with van der Waals surface area (Å²) in [5.74, 6) is 1.20. The zero-order chi connectivity index (χ0) is 9.68. The van der Waals surface area contributed by atoms with Crippen LogP contribution in [0.25, 0.3) is 0 Å². The van der Waals surface area contributed by atoms with Crippen molar-refractivity contribution < 1.29 is 0 Å². The van der Waals surface area contributed by atoms with Crippen LogP contribution in [-0.4, -0.2) is 5.75 Å². The lowest BCUT2D eigenvalue weighted by molar-refractivity contribution is 0.896. The van der Waals surface area contributed by atoms with Gasteiger partial charge in [0.15, 0.2) is 0 Å². The molecular formula is C10H14INS. The maximum absolute atomic E-state index is 5.67. The van der Waals surface area contributed by atoms with Crippen molar-refractivity contribution in [2.24, 2.45) is 0 Å². The Labute approximate surface area is 97.6 Å². The van der Waals surface area contributed by atoms with E-state index in [9.17, 15) is 0 Å². The average Bonchev–Trinajstić information content (AvgIpc) is 2.09. The van der Waals surface area contributed by atoms with E-state index in [0.717, 1.165) is 5.69 Å². The van der Waals surface area contributed by atoms with Gasteiger partial charge in [0.25, 0.3) is 0 Å². The summed E-state index contributed by atoms with van der Waals surface area (Å²) >= 11 is 4.25. The average molecular weight is 307 g/mol. The Balaban J connectivity index is 2.56. The van der Waals surface area contributed by atoms with Crippen LogP contribution in [0.1, 0.15) is 19.8 Å². The molecule has 0 amide bonds. The number of anilines is 1. The predicted octanol–water partition coefficient (Wildman–Crippen LogP) is 3.77. The second kappa shape index (κ2) is 5.75. The minimum Gasteiger partial charge on any atom is -0.399 e. The fourth-order valence-electron chi connectivity index (χ4n) is 0.961. The van der Waals surface area contributed by atoms with E-state index in [-0.39, 0.29) is 0 Å². The molecule has 0 saturated carbocycles. The molecule has 0 atom stereocenters. The van der Waals surface area contributed by atoms with Crippen molar-refractivity contribution in [2.75, 3.05) is 11.5 Å². The van der Waals surface area contributed by atoms with Gasteiger partial charge in [0.2, 0.25) is 0 Å². The summed E-state index contributed by atoms with van der Waals surface area (Å²) in [5, 5.41) is 0. The van der Waals surface area contributed by atoms with Gasteiger partial charge in [-0.2, -0.15) is 0 Å². The summed E-state index contributed by atoms with van der Waals surface area (Å²) in [6.07, 6.45) is 2.55. The molecule has 0 radical (unpaired) electrons. The number of thioether (sulfide) groups is 1. The zero-order valence-corrected chi connectivity index (χ0v) is 10.7. The van der Waals surface area contributed by atoms with Crippen LogP contribution < -0.4 is 5.73 Å². The van der Waals surface area contributed by atoms with E-state index in [1.165, 1.54) is 27.1 Å². The van der Waals surface area contributed by atoms with E-state index in [0.29, 0.717) is 0 Å². The van der Waals surface area contributed by atoms with Crippen molar-refractivity contribution >= 4 is 40.0 Å². The number of benzene rings is 1. The minimum absolute atomic E-state index is 0.851. The first-order valence-electron chi connectivity index (χ1n) is 4.42. The highest BCUT2D eigenvalue weighted by molar-refractivity contribution is 14.1. The third-order valence-corrected chi connectivity index (χ3v) is 4.13. The van der Waals surface area contributed by atoms with E-state index in [1.54, 1.807) is 0 Å². The molecule has 0 unspecified atom stereocenters. The smallest absolute Gasteiger partial charge is 0.0325 e. The number of nitrogens with two attached hydrogens (primary N) is 1. The number of nitrogen functional groups attached to an aromatic ring is 1. The quantitative estimate of drug-likeness (QED) is 0.397. The summed E-state index contributed by atoms with van der Waals surface area (Å²) in [5.41, 5.74) is 6.52. The Bertz CT molecular complexity index is 276. The molecule has 0 bridgehead atoms. The van der Waals surface area contributed by atoms with Crippen LogP contribution in [-0.2, 0) is 0 Å². The van der Waals surface area contributed by atoms with Crippen LogP contribution in [0.4, 0.5) is 5.69 Å². The monoisotopic (exact) mass is 307 g/mol. The van der Waals surface area contributed by atoms with Crippen LogP contribution in [0, 0.1) is 3.57 Å². The molecular weight excluding hydrogens is 293 g/mol. The SMILES string of the molecule is CCCCSc1ccc(N)cc1I. The van der Waals surface area contributed by atoms with Crippen molar-refractivity contribution in [3.05, 3.63) is 21.8 Å². The molecule has 3 heteroatoms. The maximum Gasteiger partial charge on any atom is 0.0325 e. The molecule has 0 saturated heterocycles. The van der Waals surface area contributed by atoms with Crippen LogP contribution in [0.3, 0.4) is 0 Å². The minimum atomic E-state index is 0.851. The Morgan fingerprint density at radius 1 is 1.46 bits per heavy atom. The van der Waals surface area contributed by atoms with Crippen molar-refractivity contribution in [1.29, 1.82) is 0 Å². The molecule has 0 aromatic heterocycles. The number of unbranched alkanes of at least 4 members (excludes halogenated alkanes) is 1. The maximum atomic E-state index is 5.67. The highest BCUT2D eigenvalue weighted by Crippen LogP contribution is 2.26. The fourth-order valence-corrected chi connectivity index (χ4v) is 2.98. The largest absolute Gasteiger partial charge is 0.399 e. The molecule has 0 fully saturated rings. The van der Waals surface area contributed by atoms with Gasteiger partial charge >= 0.3 is 0 Å². The first kappa shape index (κ1) is 11.2. The lowest BCUT2D eigenvalue weighted by Gasteiger charge is -2.04. The Morgan fingerprint density at radius 2 is 2.23 bits per heavy atom. The van der Waals surface area contributed by atoms with Gasteiger partial charge in [-0.3, -0.25) is 0 Å². The van der Waals surface area contributed by atoms with E-state index < -0.39 is 0 Å². The van der Waals surface area contributed by atoms with Crippen LogP contribution in [0.15, 0.2) is 23.1 Å². The summed E-state index contributed by atoms with van der Waals surface area (Å²) in [6, 6.07) is 6.10. The summed E-state index contributed by atoms with van der Waals surface area (Å²) < 4.78 is 1.26. The van der Waals surface area contributed by atoms with Crippen LogP contribution >= 0.6 is 34.4 Å². The lowest BCUT2D eigenvalue weighted by atomic mass is 10.3. The fraction of sp³-hybridized carbons (Fsp3) is 0.400. The van der Waals surface area contributed by atoms with Crippen LogP contribution in [0.2, 0.25) is 0 Å². The van der Waals surface area contributed by atoms with Crippen molar-refractivity contribution in [3.8, 4) is 0 Å². The summed E-state index contributed by atoms with van der Waals surface area (Å²) in [4.78, 5) is 1.35. The van der Waals surface area contributed by atoms with Gasteiger partial charge in [0.05, 0.1) is 0 Å². The van der Waals surface area contributed by atoms with E-state index in [4.69, 9.17) is 5.73 Å². The molecule has 72 valence electrons. The molecule has 1 aromatic carbocycles. The van der Waals surface area contributed by atoms with E-state index in [2.05, 4.69) is 35.6 Å². The normalized spacial score (nSPS) is 10.3. The second-order valence-corrected chi connectivity index (χ2v) is 5.19. The van der Waals surface area contributed by atoms with Gasteiger partial charge in [0, 0.05) is 14.2 Å². The van der Waals surface area contributed by atoms with Gasteiger partial charge < -0.3 is 5.73 Å². The molecule has 0 aliphatic heterocycles. The Morgan fingerprint density at radius 3 is 2.85 bits per heavy atom. The molecule has 0 heterocycles. The number of rotatable bonds is 4. The van der Waals surface area contributed by atoms with Crippen molar-refractivity contribution in [2.45, 2.75) is 24.7 Å². The lowest BCUT2D eigenvalue weighted by Crippen LogP contribution is -1.87. The third kappa shape index (κ3) is 3.77. The number of halogens is 1. The highest BCUT2D eigenvalue weighted by atomic mass is 127. The first-order chi connectivity index (χ1) is 6.24. The molecule has 0 aliphatic rings. The molecule has 2 N–H and O–H groups in total. The molecule has 1 rings (SSSR count). The molecule has 0 aliphatic carbocycles. The van der Waals surface area contributed by atoms with Crippen LogP contribution in [0.5, 0.6) is 0 Å². The van der Waals surface area contributed by atoms with Gasteiger partial charge in [-0.1, -0.05) is 13.3 Å². The topological polar surface area (TPSA) is 26.0 Å². The first-order valence-corrected chi connectivity index (χ1v) is 6.48. The molecule has 0 spiro atoms. The zero-order valence-electron chi connectivity index (χ0n) is 7.72. The standard InChI is InChI=1S/C10H14INS/c1-2-3-6-13-10-5-4-8(12)7-9(10)11/h4-5,7H,2-3,6,12H2,1H3. The third-order valence-electron chi connectivity index (χ3n) is 1.71. The molecule has 1 aromatic rings. The number of hydrogen-bond acceptors (Lipinski definition) is 2. The summed E-state index contributed by atoms with van der Waals surface area (Å²) in [7, 11) is 0. The van der Waals surface area contributed by atoms with Gasteiger partial charge in [0.1, 0.15) is 0 Å². The molecule has 1 nitrogen and oxygen atoms in total. The highest BCUT2D eigenvalue weighted by Gasteiger charge is 1.99. The van der Waals surface area contributed by atoms with E-state index in [1.807, 2.05) is 23.9 Å². The van der Waals surface area contributed by atoms with Gasteiger partial charge in [-0.05, 0) is 53.0 Å². The van der Waals surface area contributed by atoms with Gasteiger partial charge in [-0.15, -0.1) is 11.8 Å². The van der Waals surface area contributed by atoms with E-state index >= 15 is 0 Å². The van der Waals surface area contributed by atoms with Gasteiger partial charge in [-0.25, -0.2) is 0 Å². The number of hydrogen-bond donors (Lipinski definition) is 1. The predicted molar refractivity (Wildman–Crippen MR) is 69.2 cm³/mol. The van der Waals surface area contributed by atoms with Crippen molar-refractivity contribution in [1.82, 2.24) is 0 Å². The second-order valence-electron chi connectivity index (χ2n) is 2.89.